The monoisotopic (exact) mass is 428 g/mol. The van der Waals surface area contributed by atoms with Crippen molar-refractivity contribution in [1.29, 1.82) is 0 Å². The van der Waals surface area contributed by atoms with Gasteiger partial charge in [-0.25, -0.2) is 9.37 Å². The van der Waals surface area contributed by atoms with Crippen molar-refractivity contribution in [3.63, 3.8) is 0 Å². The fraction of sp³-hybridized carbons (Fsp3) is 0.250. The normalized spacial score (nSPS) is 20.3. The summed E-state index contributed by atoms with van der Waals surface area (Å²) in [5.41, 5.74) is 3.97. The molecule has 0 radical (unpaired) electrons. The van der Waals surface area contributed by atoms with Crippen LogP contribution in [0.3, 0.4) is 0 Å². The number of imidazole rings is 1. The number of benzene rings is 1. The lowest BCUT2D eigenvalue weighted by atomic mass is 9.97. The second-order valence-corrected chi connectivity index (χ2v) is 7.79. The lowest BCUT2D eigenvalue weighted by molar-refractivity contribution is -0.138. The molecule has 4 rings (SSSR count). The Hall–Kier alpha value is -3.15. The molecule has 0 saturated carbocycles. The molecule has 1 unspecified atom stereocenters. The first-order chi connectivity index (χ1) is 14.6. The van der Waals surface area contributed by atoms with Crippen molar-refractivity contribution in [2.24, 2.45) is 0 Å². The minimum Gasteiger partial charge on any atom is -0.365 e. The number of aromatic nitrogens is 2. The quantitative estimate of drug-likeness (QED) is 0.412. The Kier molecular flexibility index (Phi) is 5.33. The highest BCUT2D eigenvalue weighted by molar-refractivity contribution is 5.84. The summed E-state index contributed by atoms with van der Waals surface area (Å²) in [6.07, 6.45) is 7.62. The van der Waals surface area contributed by atoms with Crippen LogP contribution < -0.4 is 0 Å². The third kappa shape index (κ3) is 4.63. The molecule has 3 nitrogen and oxygen atoms in total. The molecule has 0 saturated heterocycles. The number of fused-ring (bicyclic) bond motifs is 1. The van der Waals surface area contributed by atoms with Gasteiger partial charge in [0.1, 0.15) is 11.7 Å². The van der Waals surface area contributed by atoms with Gasteiger partial charge < -0.3 is 9.30 Å². The van der Waals surface area contributed by atoms with Crippen LogP contribution in [0.1, 0.15) is 41.6 Å². The summed E-state index contributed by atoms with van der Waals surface area (Å²) >= 11 is 0. The van der Waals surface area contributed by atoms with Crippen LogP contribution in [0, 0.1) is 6.92 Å². The summed E-state index contributed by atoms with van der Waals surface area (Å²) in [7, 11) is 0. The Labute approximate surface area is 177 Å². The van der Waals surface area contributed by atoms with E-state index < -0.39 is 17.3 Å². The summed E-state index contributed by atoms with van der Waals surface area (Å²) in [6, 6.07) is 4.06. The van der Waals surface area contributed by atoms with Gasteiger partial charge in [-0.1, -0.05) is 12.1 Å². The first-order valence-electron chi connectivity index (χ1n) is 9.72. The molecule has 2 aromatic rings. The van der Waals surface area contributed by atoms with Crippen LogP contribution in [0.5, 0.6) is 0 Å². The van der Waals surface area contributed by atoms with E-state index >= 15 is 0 Å². The van der Waals surface area contributed by atoms with Crippen LogP contribution >= 0.6 is 0 Å². The number of hydrogen-bond donors (Lipinski definition) is 0. The molecule has 1 aromatic heterocycles. The van der Waals surface area contributed by atoms with Crippen LogP contribution in [0.25, 0.3) is 17.8 Å². The van der Waals surface area contributed by atoms with E-state index in [2.05, 4.69) is 10.7 Å². The Balaban J connectivity index is 1.56. The number of nitrogens with zero attached hydrogens (tertiary/aromatic N) is 2. The van der Waals surface area contributed by atoms with Gasteiger partial charge in [-0.05, 0) is 55.3 Å². The van der Waals surface area contributed by atoms with E-state index in [0.29, 0.717) is 29.1 Å². The first-order valence-corrected chi connectivity index (χ1v) is 9.72. The molecule has 160 valence electrons. The maximum Gasteiger partial charge on any atom is 0.416 e. The minimum atomic E-state index is -4.38. The van der Waals surface area contributed by atoms with Gasteiger partial charge >= 0.3 is 6.18 Å². The molecule has 31 heavy (non-hydrogen) atoms. The molecule has 0 spiro atoms. The molecule has 1 aliphatic carbocycles. The van der Waals surface area contributed by atoms with E-state index in [-0.39, 0.29) is 18.0 Å². The molecule has 7 heteroatoms. The lowest BCUT2D eigenvalue weighted by Gasteiger charge is -2.26. The van der Waals surface area contributed by atoms with E-state index in [9.17, 15) is 17.6 Å². The summed E-state index contributed by atoms with van der Waals surface area (Å²) < 4.78 is 60.1. The zero-order valence-electron chi connectivity index (χ0n) is 17.0. The van der Waals surface area contributed by atoms with Gasteiger partial charge in [-0.3, -0.25) is 0 Å². The van der Waals surface area contributed by atoms with Crippen molar-refractivity contribution < 1.29 is 22.3 Å². The lowest BCUT2D eigenvalue weighted by Crippen LogP contribution is -2.26. The predicted molar refractivity (Wildman–Crippen MR) is 111 cm³/mol. The predicted octanol–water partition coefficient (Wildman–Crippen LogP) is 6.48. The second kappa shape index (κ2) is 7.84. The van der Waals surface area contributed by atoms with Gasteiger partial charge in [0, 0.05) is 30.5 Å². The van der Waals surface area contributed by atoms with Crippen molar-refractivity contribution in [1.82, 2.24) is 9.55 Å². The summed E-state index contributed by atoms with van der Waals surface area (Å²) in [6.45, 7) is 3.56. The topological polar surface area (TPSA) is 27.1 Å². The van der Waals surface area contributed by atoms with Gasteiger partial charge in [0.15, 0.2) is 0 Å². The van der Waals surface area contributed by atoms with Crippen molar-refractivity contribution in [3.8, 4) is 0 Å². The number of hydrogen-bond acceptors (Lipinski definition) is 2. The molecule has 2 heterocycles. The largest absolute Gasteiger partial charge is 0.416 e. The van der Waals surface area contributed by atoms with Crippen molar-refractivity contribution in [2.75, 3.05) is 0 Å². The fourth-order valence-electron chi connectivity index (χ4n) is 3.49. The zero-order valence-corrected chi connectivity index (χ0v) is 17.0. The van der Waals surface area contributed by atoms with E-state index in [1.165, 1.54) is 31.2 Å². The highest BCUT2D eigenvalue weighted by atomic mass is 19.4. The van der Waals surface area contributed by atoms with Gasteiger partial charge in [0.2, 0.25) is 0 Å². The molecular weight excluding hydrogens is 408 g/mol. The SMILES string of the molecule is Cc1cc(C2=Cn3cc(COC4(C)C=CC(F)=CC4)nc3C=C=C2)ccc1C(F)(F)F. The molecule has 0 N–H and O–H groups in total. The standard InChI is InChI=1S/C24H20F4N2O/c1-16-12-17(6-7-21(16)24(26,27)28)18-4-3-5-22-29-20(14-30(22)13-18)15-31-23(2)10-8-19(25)9-11-23/h4-10,12-14H,11,15H2,1-2H3. The second-order valence-electron chi connectivity index (χ2n) is 7.79. The average Bonchev–Trinajstić information content (AvgIpc) is 2.98. The fourth-order valence-corrected chi connectivity index (χ4v) is 3.49. The smallest absolute Gasteiger partial charge is 0.365 e. The van der Waals surface area contributed by atoms with Crippen molar-refractivity contribution in [3.05, 3.63) is 88.5 Å². The highest BCUT2D eigenvalue weighted by Crippen LogP contribution is 2.33. The molecule has 1 atom stereocenters. The molecule has 1 aliphatic heterocycles. The van der Waals surface area contributed by atoms with E-state index in [4.69, 9.17) is 4.74 Å². The Bertz CT molecular complexity index is 1180. The maximum atomic E-state index is 13.2. The third-order valence-corrected chi connectivity index (χ3v) is 5.25. The molecule has 0 amide bonds. The van der Waals surface area contributed by atoms with Gasteiger partial charge in [-0.15, -0.1) is 5.73 Å². The summed E-state index contributed by atoms with van der Waals surface area (Å²) in [4.78, 5) is 4.53. The highest BCUT2D eigenvalue weighted by Gasteiger charge is 2.32. The van der Waals surface area contributed by atoms with E-state index in [1.54, 1.807) is 35.2 Å². The average molecular weight is 428 g/mol. The van der Waals surface area contributed by atoms with Gasteiger partial charge in [-0.2, -0.15) is 13.2 Å². The van der Waals surface area contributed by atoms with Crippen LogP contribution in [0.15, 0.2) is 60.3 Å². The molecular formula is C24H20F4N2O. The number of halogens is 4. The minimum absolute atomic E-state index is 0.159. The molecule has 0 bridgehead atoms. The Morgan fingerprint density at radius 3 is 2.74 bits per heavy atom. The van der Waals surface area contributed by atoms with Crippen LogP contribution in [-0.4, -0.2) is 15.2 Å². The number of ether oxygens (including phenoxy) is 1. The number of aryl methyl sites for hydroxylation is 1. The van der Waals surface area contributed by atoms with Crippen LogP contribution in [0.4, 0.5) is 17.6 Å². The van der Waals surface area contributed by atoms with Crippen molar-refractivity contribution >= 4 is 17.8 Å². The zero-order chi connectivity index (χ0) is 22.2. The number of alkyl halides is 3. The Morgan fingerprint density at radius 1 is 1.26 bits per heavy atom. The molecule has 0 fully saturated rings. The molecule has 1 aromatic carbocycles. The third-order valence-electron chi connectivity index (χ3n) is 5.25. The van der Waals surface area contributed by atoms with Gasteiger partial charge in [0.25, 0.3) is 0 Å². The molecule has 2 aliphatic rings. The summed E-state index contributed by atoms with van der Waals surface area (Å²) in [5.74, 6) is 0.353. The Morgan fingerprint density at radius 2 is 2.06 bits per heavy atom. The maximum absolute atomic E-state index is 13.2. The number of rotatable bonds is 4. The van der Waals surface area contributed by atoms with Crippen LogP contribution in [0.2, 0.25) is 0 Å². The van der Waals surface area contributed by atoms with Crippen LogP contribution in [-0.2, 0) is 17.5 Å². The van der Waals surface area contributed by atoms with E-state index in [0.717, 1.165) is 6.07 Å². The summed E-state index contributed by atoms with van der Waals surface area (Å²) in [5, 5.41) is 0. The first kappa shape index (κ1) is 21.1. The van der Waals surface area contributed by atoms with Crippen molar-refractivity contribution in [2.45, 2.75) is 38.7 Å². The van der Waals surface area contributed by atoms with Gasteiger partial charge in [0.05, 0.1) is 23.5 Å². The number of allylic oxidation sites excluding steroid dienone is 4. The van der Waals surface area contributed by atoms with E-state index in [1.807, 2.05) is 6.92 Å².